The van der Waals surface area contributed by atoms with Gasteiger partial charge < -0.3 is 0 Å². The van der Waals surface area contributed by atoms with Crippen molar-refractivity contribution in [2.75, 3.05) is 0 Å². The van der Waals surface area contributed by atoms with Crippen LogP contribution in [-0.4, -0.2) is 9.78 Å². The Hall–Kier alpha value is -0.390. The molecule has 1 saturated carbocycles. The number of nitrogens with zero attached hydrogens (tertiary/aromatic N) is 2. The van der Waals surface area contributed by atoms with Crippen LogP contribution in [-0.2, 0) is 6.54 Å². The number of nitrogens with two attached hydrogens (primary N) is 1. The minimum atomic E-state index is 0.218. The molecule has 1 aromatic rings. The molecule has 1 atom stereocenters. The minimum Gasteiger partial charge on any atom is -0.271 e. The number of nitrogens with one attached hydrogen (secondary N) is 1. The summed E-state index contributed by atoms with van der Waals surface area (Å²) in [5.74, 6) is 6.51. The van der Waals surface area contributed by atoms with Gasteiger partial charge in [-0.05, 0) is 34.7 Å². The number of hydrogen-bond acceptors (Lipinski definition) is 3. The second kappa shape index (κ2) is 5.29. The minimum absolute atomic E-state index is 0.218. The van der Waals surface area contributed by atoms with Gasteiger partial charge in [0.05, 0.1) is 22.4 Å². The Morgan fingerprint density at radius 2 is 2.44 bits per heavy atom. The van der Waals surface area contributed by atoms with Crippen LogP contribution in [0.5, 0.6) is 0 Å². The van der Waals surface area contributed by atoms with Gasteiger partial charge in [-0.15, -0.1) is 0 Å². The maximum absolute atomic E-state index is 5.66. The Labute approximate surface area is 105 Å². The van der Waals surface area contributed by atoms with E-state index in [2.05, 4.69) is 38.1 Å². The van der Waals surface area contributed by atoms with E-state index in [1.54, 1.807) is 0 Å². The SMILES string of the molecule is CCCn1ncc(Br)c1C(CC1CC1)NN. The summed E-state index contributed by atoms with van der Waals surface area (Å²) in [5, 5.41) is 4.38. The van der Waals surface area contributed by atoms with E-state index >= 15 is 0 Å². The summed E-state index contributed by atoms with van der Waals surface area (Å²) in [7, 11) is 0. The molecule has 0 aliphatic heterocycles. The van der Waals surface area contributed by atoms with Gasteiger partial charge in [0.25, 0.3) is 0 Å². The van der Waals surface area contributed by atoms with Crippen molar-refractivity contribution in [1.82, 2.24) is 15.2 Å². The van der Waals surface area contributed by atoms with Crippen LogP contribution in [0.4, 0.5) is 0 Å². The van der Waals surface area contributed by atoms with Gasteiger partial charge in [0, 0.05) is 6.54 Å². The second-order valence-corrected chi connectivity index (χ2v) is 5.35. The highest BCUT2D eigenvalue weighted by Crippen LogP contribution is 2.38. The molecule has 90 valence electrons. The molecule has 3 N–H and O–H groups in total. The molecule has 0 aromatic carbocycles. The molecule has 1 fully saturated rings. The number of aryl methyl sites for hydroxylation is 1. The fourth-order valence-corrected chi connectivity index (χ4v) is 2.63. The molecule has 0 spiro atoms. The third-order valence-corrected chi connectivity index (χ3v) is 3.68. The number of halogens is 1. The van der Waals surface area contributed by atoms with Crippen LogP contribution in [0.25, 0.3) is 0 Å². The van der Waals surface area contributed by atoms with E-state index in [0.717, 1.165) is 29.8 Å². The Kier molecular flexibility index (Phi) is 4.00. The molecule has 1 heterocycles. The quantitative estimate of drug-likeness (QED) is 0.624. The highest BCUT2D eigenvalue weighted by Gasteiger charge is 2.28. The highest BCUT2D eigenvalue weighted by molar-refractivity contribution is 9.10. The maximum atomic E-state index is 5.66. The zero-order valence-electron chi connectivity index (χ0n) is 9.62. The summed E-state index contributed by atoms with van der Waals surface area (Å²) >= 11 is 3.56. The molecule has 0 radical (unpaired) electrons. The normalized spacial score (nSPS) is 17.7. The number of hydrogen-bond donors (Lipinski definition) is 2. The fourth-order valence-electron chi connectivity index (χ4n) is 2.05. The first-order chi connectivity index (χ1) is 7.76. The third kappa shape index (κ3) is 2.64. The van der Waals surface area contributed by atoms with Gasteiger partial charge >= 0.3 is 0 Å². The first-order valence-corrected chi connectivity index (χ1v) is 6.72. The number of aromatic nitrogens is 2. The molecule has 1 aromatic heterocycles. The smallest absolute Gasteiger partial charge is 0.0709 e. The van der Waals surface area contributed by atoms with Crippen molar-refractivity contribution in [3.05, 3.63) is 16.4 Å². The van der Waals surface area contributed by atoms with Gasteiger partial charge in [0.15, 0.2) is 0 Å². The Morgan fingerprint density at radius 1 is 1.69 bits per heavy atom. The van der Waals surface area contributed by atoms with Crippen molar-refractivity contribution < 1.29 is 0 Å². The first kappa shape index (κ1) is 12.1. The zero-order chi connectivity index (χ0) is 11.5. The van der Waals surface area contributed by atoms with Crippen molar-refractivity contribution in [3.63, 3.8) is 0 Å². The topological polar surface area (TPSA) is 55.9 Å². The molecule has 4 nitrogen and oxygen atoms in total. The third-order valence-electron chi connectivity index (χ3n) is 3.07. The van der Waals surface area contributed by atoms with Crippen LogP contribution in [0.2, 0.25) is 0 Å². The first-order valence-electron chi connectivity index (χ1n) is 5.93. The average molecular weight is 287 g/mol. The summed E-state index contributed by atoms with van der Waals surface area (Å²) < 4.78 is 3.11. The van der Waals surface area contributed by atoms with Crippen LogP contribution in [0.15, 0.2) is 10.7 Å². The van der Waals surface area contributed by atoms with Gasteiger partial charge in [-0.1, -0.05) is 19.8 Å². The van der Waals surface area contributed by atoms with Crippen LogP contribution in [0.3, 0.4) is 0 Å². The van der Waals surface area contributed by atoms with Crippen molar-refractivity contribution in [3.8, 4) is 0 Å². The Morgan fingerprint density at radius 3 is 3.00 bits per heavy atom. The number of hydrazine groups is 1. The van der Waals surface area contributed by atoms with E-state index < -0.39 is 0 Å². The van der Waals surface area contributed by atoms with Crippen LogP contribution in [0, 0.1) is 5.92 Å². The largest absolute Gasteiger partial charge is 0.271 e. The zero-order valence-corrected chi connectivity index (χ0v) is 11.2. The van der Waals surface area contributed by atoms with Gasteiger partial charge in [0.1, 0.15) is 0 Å². The number of rotatable bonds is 6. The van der Waals surface area contributed by atoms with Crippen LogP contribution >= 0.6 is 15.9 Å². The molecule has 1 unspecified atom stereocenters. The lowest BCUT2D eigenvalue weighted by Gasteiger charge is -2.18. The van der Waals surface area contributed by atoms with Gasteiger partial charge in [-0.25, -0.2) is 0 Å². The summed E-state index contributed by atoms with van der Waals surface area (Å²) in [4.78, 5) is 0. The molecule has 0 bridgehead atoms. The van der Waals surface area contributed by atoms with E-state index in [0.29, 0.717) is 0 Å². The standard InChI is InChI=1S/C11H19BrN4/c1-2-5-16-11(9(12)7-14-16)10(15-13)6-8-3-4-8/h7-8,10,15H,2-6,13H2,1H3. The lowest BCUT2D eigenvalue weighted by atomic mass is 10.1. The molecular weight excluding hydrogens is 268 g/mol. The molecule has 1 aliphatic carbocycles. The molecule has 0 saturated heterocycles. The van der Waals surface area contributed by atoms with E-state index in [4.69, 9.17) is 5.84 Å². The predicted octanol–water partition coefficient (Wildman–Crippen LogP) is 2.36. The monoisotopic (exact) mass is 286 g/mol. The second-order valence-electron chi connectivity index (χ2n) is 4.50. The Balaban J connectivity index is 2.16. The van der Waals surface area contributed by atoms with Gasteiger partial charge in [-0.2, -0.15) is 5.10 Å². The average Bonchev–Trinajstić information content (AvgIpc) is 3.02. The van der Waals surface area contributed by atoms with Gasteiger partial charge in [-0.3, -0.25) is 16.0 Å². The van der Waals surface area contributed by atoms with E-state index in [-0.39, 0.29) is 6.04 Å². The van der Waals surface area contributed by atoms with E-state index in [1.165, 1.54) is 18.5 Å². The van der Waals surface area contributed by atoms with Crippen LogP contribution < -0.4 is 11.3 Å². The molecule has 1 aliphatic rings. The molecule has 16 heavy (non-hydrogen) atoms. The van der Waals surface area contributed by atoms with Gasteiger partial charge in [0.2, 0.25) is 0 Å². The van der Waals surface area contributed by atoms with E-state index in [9.17, 15) is 0 Å². The molecular formula is C11H19BrN4. The van der Waals surface area contributed by atoms with Crippen molar-refractivity contribution in [2.45, 2.75) is 45.2 Å². The summed E-state index contributed by atoms with van der Waals surface area (Å²) in [6, 6.07) is 0.218. The lowest BCUT2D eigenvalue weighted by molar-refractivity contribution is 0.438. The summed E-state index contributed by atoms with van der Waals surface area (Å²) in [6.45, 7) is 3.11. The highest BCUT2D eigenvalue weighted by atomic mass is 79.9. The molecule has 2 rings (SSSR count). The lowest BCUT2D eigenvalue weighted by Crippen LogP contribution is -2.30. The van der Waals surface area contributed by atoms with Crippen LogP contribution in [0.1, 0.15) is 44.3 Å². The summed E-state index contributed by atoms with van der Waals surface area (Å²) in [6.07, 6.45) is 6.75. The maximum Gasteiger partial charge on any atom is 0.0709 e. The predicted molar refractivity (Wildman–Crippen MR) is 67.6 cm³/mol. The van der Waals surface area contributed by atoms with Crippen molar-refractivity contribution in [1.29, 1.82) is 0 Å². The fraction of sp³-hybridized carbons (Fsp3) is 0.727. The van der Waals surface area contributed by atoms with Crippen molar-refractivity contribution in [2.24, 2.45) is 11.8 Å². The Bertz CT molecular complexity index is 346. The van der Waals surface area contributed by atoms with Crippen molar-refractivity contribution >= 4 is 15.9 Å². The summed E-state index contributed by atoms with van der Waals surface area (Å²) in [5.41, 5.74) is 4.12. The molecule has 5 heteroatoms. The van der Waals surface area contributed by atoms with E-state index in [1.807, 2.05) is 6.20 Å². The molecule has 0 amide bonds.